The molecule has 2 aliphatic heterocycles. The Balaban J connectivity index is 1.47. The monoisotopic (exact) mass is 487 g/mol. The van der Waals surface area contributed by atoms with Crippen molar-refractivity contribution in [1.82, 2.24) is 30.2 Å². The number of aromatic nitrogens is 4. The molecule has 2 fully saturated rings. The van der Waals surface area contributed by atoms with E-state index in [4.69, 9.17) is 14.7 Å². The summed E-state index contributed by atoms with van der Waals surface area (Å²) in [6.45, 7) is 6.13. The Bertz CT molecular complexity index is 1410. The molecule has 0 spiro atoms. The van der Waals surface area contributed by atoms with Crippen LogP contribution in [0.3, 0.4) is 0 Å². The number of nitrogens with zero attached hydrogens (tertiary/aromatic N) is 6. The predicted molar refractivity (Wildman–Crippen MR) is 139 cm³/mol. The fraction of sp³-hybridized carbons (Fsp3) is 0.407. The Hall–Kier alpha value is -3.43. The van der Waals surface area contributed by atoms with E-state index in [0.29, 0.717) is 35.1 Å². The van der Waals surface area contributed by atoms with Gasteiger partial charge in [-0.25, -0.2) is 9.37 Å². The molecule has 2 saturated heterocycles. The van der Waals surface area contributed by atoms with E-state index >= 15 is 4.39 Å². The van der Waals surface area contributed by atoms with E-state index < -0.39 is 5.82 Å². The first-order valence-electron chi connectivity index (χ1n) is 12.6. The molecule has 0 saturated carbocycles. The van der Waals surface area contributed by atoms with Gasteiger partial charge in [0.1, 0.15) is 23.9 Å². The lowest BCUT2D eigenvalue weighted by Crippen LogP contribution is -2.50. The molecule has 1 N–H and O–H groups in total. The molecule has 0 radical (unpaired) electrons. The number of pyridine rings is 2. The lowest BCUT2D eigenvalue weighted by atomic mass is 10.0. The van der Waals surface area contributed by atoms with Crippen LogP contribution in [0.2, 0.25) is 0 Å². The molecule has 1 aromatic carbocycles. The van der Waals surface area contributed by atoms with Crippen LogP contribution in [0.4, 0.5) is 10.2 Å². The summed E-state index contributed by atoms with van der Waals surface area (Å²) in [4.78, 5) is 23.1. The summed E-state index contributed by atoms with van der Waals surface area (Å²) < 4.78 is 21.8. The van der Waals surface area contributed by atoms with E-state index in [-0.39, 0.29) is 17.7 Å². The second kappa shape index (κ2) is 9.55. The number of piperazine rings is 1. The highest BCUT2D eigenvalue weighted by Gasteiger charge is 2.26. The summed E-state index contributed by atoms with van der Waals surface area (Å²) in [5.41, 5.74) is 2.16. The molecule has 6 rings (SSSR count). The minimum absolute atomic E-state index is 0.192. The van der Waals surface area contributed by atoms with Crippen LogP contribution in [0.15, 0.2) is 42.6 Å². The van der Waals surface area contributed by atoms with Gasteiger partial charge in [-0.2, -0.15) is 9.97 Å². The smallest absolute Gasteiger partial charge is 0.320 e. The average Bonchev–Trinajstić information content (AvgIpc) is 3.31. The summed E-state index contributed by atoms with van der Waals surface area (Å²) in [5, 5.41) is 4.84. The van der Waals surface area contributed by atoms with Crippen molar-refractivity contribution in [2.24, 2.45) is 0 Å². The molecule has 3 aromatic heterocycles. The molecule has 9 heteroatoms. The van der Waals surface area contributed by atoms with Gasteiger partial charge in [-0.3, -0.25) is 4.98 Å². The molecule has 0 aliphatic carbocycles. The number of hydrogen-bond acceptors (Lipinski definition) is 8. The number of fused-ring (bicyclic) bond motifs is 2. The minimum atomic E-state index is -0.410. The van der Waals surface area contributed by atoms with Crippen LogP contribution in [0, 0.1) is 5.82 Å². The van der Waals surface area contributed by atoms with E-state index in [9.17, 15) is 0 Å². The molecular weight excluding hydrogens is 457 g/mol. The van der Waals surface area contributed by atoms with E-state index in [1.54, 1.807) is 6.20 Å². The molecule has 8 nitrogen and oxygen atoms in total. The second-order valence-corrected chi connectivity index (χ2v) is 9.73. The van der Waals surface area contributed by atoms with Gasteiger partial charge in [0.05, 0.1) is 10.9 Å². The number of likely N-dealkylation sites (N-methyl/N-ethyl adjacent to an activating group) is 1. The first kappa shape index (κ1) is 23.0. The molecule has 186 valence electrons. The minimum Gasteiger partial charge on any atom is -0.462 e. The predicted octanol–water partition coefficient (Wildman–Crippen LogP) is 3.65. The SMILES string of the molecule is CC1CNCCN1c1nc(OCC2CCCN2C)nc2nc(-c3cccc4ncccc34)c(F)cc12. The Labute approximate surface area is 209 Å². The van der Waals surface area contributed by atoms with Crippen molar-refractivity contribution in [1.29, 1.82) is 0 Å². The van der Waals surface area contributed by atoms with Gasteiger partial charge in [-0.15, -0.1) is 0 Å². The first-order chi connectivity index (χ1) is 17.6. The zero-order valence-electron chi connectivity index (χ0n) is 20.6. The summed E-state index contributed by atoms with van der Waals surface area (Å²) in [6.07, 6.45) is 3.99. The number of halogens is 1. The van der Waals surface area contributed by atoms with Gasteiger partial charge in [0.25, 0.3) is 0 Å². The lowest BCUT2D eigenvalue weighted by molar-refractivity contribution is 0.188. The van der Waals surface area contributed by atoms with E-state index in [1.807, 2.05) is 30.3 Å². The van der Waals surface area contributed by atoms with Crippen molar-refractivity contribution in [3.63, 3.8) is 0 Å². The van der Waals surface area contributed by atoms with Crippen LogP contribution < -0.4 is 15.0 Å². The maximum absolute atomic E-state index is 15.7. The highest BCUT2D eigenvalue weighted by molar-refractivity contribution is 5.96. The molecule has 0 bridgehead atoms. The first-order valence-corrected chi connectivity index (χ1v) is 12.6. The Morgan fingerprint density at radius 2 is 2.03 bits per heavy atom. The summed E-state index contributed by atoms with van der Waals surface area (Å²) in [6, 6.07) is 11.8. The highest BCUT2D eigenvalue weighted by atomic mass is 19.1. The molecule has 2 unspecified atom stereocenters. The van der Waals surface area contributed by atoms with Crippen LogP contribution in [0.25, 0.3) is 33.2 Å². The van der Waals surface area contributed by atoms with Gasteiger partial charge in [0, 0.05) is 48.9 Å². The van der Waals surface area contributed by atoms with Crippen LogP contribution in [-0.4, -0.2) is 76.8 Å². The largest absolute Gasteiger partial charge is 0.462 e. The summed E-state index contributed by atoms with van der Waals surface area (Å²) in [5.74, 6) is 0.258. The van der Waals surface area contributed by atoms with Crippen molar-refractivity contribution in [3.8, 4) is 17.3 Å². The maximum atomic E-state index is 15.7. The Morgan fingerprint density at radius 1 is 1.11 bits per heavy atom. The number of rotatable bonds is 5. The third-order valence-electron chi connectivity index (χ3n) is 7.35. The van der Waals surface area contributed by atoms with Crippen LogP contribution in [-0.2, 0) is 0 Å². The molecule has 36 heavy (non-hydrogen) atoms. The van der Waals surface area contributed by atoms with Crippen LogP contribution >= 0.6 is 0 Å². The zero-order chi connectivity index (χ0) is 24.6. The van der Waals surface area contributed by atoms with Gasteiger partial charge in [0.2, 0.25) is 0 Å². The Morgan fingerprint density at radius 3 is 2.86 bits per heavy atom. The second-order valence-electron chi connectivity index (χ2n) is 9.73. The molecule has 4 aromatic rings. The van der Waals surface area contributed by atoms with Crippen LogP contribution in [0.1, 0.15) is 19.8 Å². The van der Waals surface area contributed by atoms with Crippen molar-refractivity contribution in [3.05, 3.63) is 48.4 Å². The van der Waals surface area contributed by atoms with E-state index in [2.05, 4.69) is 39.1 Å². The van der Waals surface area contributed by atoms with Gasteiger partial charge in [-0.05, 0) is 51.6 Å². The van der Waals surface area contributed by atoms with Gasteiger partial charge in [-0.1, -0.05) is 18.2 Å². The standard InChI is InChI=1S/C27H30FN7O/c1-17-15-29-11-13-35(17)26-21-14-22(28)24(20-7-3-9-23-19(20)8-4-10-30-23)31-25(21)32-27(33-26)36-16-18-6-5-12-34(18)2/h3-4,7-10,14,17-18,29H,5-6,11-13,15-16H2,1-2H3. The lowest BCUT2D eigenvalue weighted by Gasteiger charge is -2.35. The van der Waals surface area contributed by atoms with Crippen molar-refractivity contribution >= 4 is 27.8 Å². The molecule has 0 amide bonds. The molecule has 2 atom stereocenters. The summed E-state index contributed by atoms with van der Waals surface area (Å²) in [7, 11) is 2.12. The molecule has 2 aliphatic rings. The van der Waals surface area contributed by atoms with Crippen molar-refractivity contribution < 1.29 is 9.13 Å². The number of benzene rings is 1. The third kappa shape index (κ3) is 4.22. The third-order valence-corrected chi connectivity index (χ3v) is 7.35. The van der Waals surface area contributed by atoms with Gasteiger partial charge >= 0.3 is 6.01 Å². The molecule has 5 heterocycles. The molecular formula is C27H30FN7O. The van der Waals surface area contributed by atoms with Gasteiger partial charge < -0.3 is 19.9 Å². The quantitative estimate of drug-likeness (QED) is 0.457. The maximum Gasteiger partial charge on any atom is 0.320 e. The van der Waals surface area contributed by atoms with E-state index in [1.165, 1.54) is 6.07 Å². The Kier molecular flexibility index (Phi) is 6.10. The van der Waals surface area contributed by atoms with Crippen molar-refractivity contribution in [2.45, 2.75) is 31.8 Å². The fourth-order valence-corrected chi connectivity index (χ4v) is 5.29. The average molecular weight is 488 g/mol. The number of anilines is 1. The zero-order valence-corrected chi connectivity index (χ0v) is 20.6. The topological polar surface area (TPSA) is 79.3 Å². The number of nitrogens with one attached hydrogen (secondary N) is 1. The van der Waals surface area contributed by atoms with Crippen LogP contribution in [0.5, 0.6) is 6.01 Å². The van der Waals surface area contributed by atoms with E-state index in [0.717, 1.165) is 49.9 Å². The van der Waals surface area contributed by atoms with Crippen molar-refractivity contribution in [2.75, 3.05) is 44.7 Å². The fourth-order valence-electron chi connectivity index (χ4n) is 5.29. The number of likely N-dealkylation sites (tertiary alicyclic amines) is 1. The summed E-state index contributed by atoms with van der Waals surface area (Å²) >= 11 is 0. The number of ether oxygens (including phenoxy) is 1. The normalized spacial score (nSPS) is 20.9. The number of hydrogen-bond donors (Lipinski definition) is 1. The van der Waals surface area contributed by atoms with Gasteiger partial charge in [0.15, 0.2) is 5.65 Å². The highest BCUT2D eigenvalue weighted by Crippen LogP contribution is 2.34.